The number of aryl methyl sites for hydroxylation is 1. The second-order valence-corrected chi connectivity index (χ2v) is 4.11. The van der Waals surface area contributed by atoms with E-state index in [-0.39, 0.29) is 0 Å². The van der Waals surface area contributed by atoms with Gasteiger partial charge in [-0.1, -0.05) is 51.5 Å². The fraction of sp³-hybridized carbons (Fsp3) is 0.538. The van der Waals surface area contributed by atoms with Gasteiger partial charge in [0, 0.05) is 12.6 Å². The maximum Gasteiger partial charge on any atom is 0.0207 e. The maximum absolute atomic E-state index is 3.43. The molecule has 0 radical (unpaired) electrons. The third-order valence-corrected chi connectivity index (χ3v) is 2.24. The van der Waals surface area contributed by atoms with Gasteiger partial charge < -0.3 is 5.32 Å². The van der Waals surface area contributed by atoms with Crippen molar-refractivity contribution in [3.8, 4) is 0 Å². The Morgan fingerprint density at radius 2 is 1.93 bits per heavy atom. The van der Waals surface area contributed by atoms with Gasteiger partial charge in [-0.2, -0.15) is 0 Å². The molecule has 0 aliphatic rings. The SMILES string of the molecule is CCCc1cccc(CNC(C)C)c1. The summed E-state index contributed by atoms with van der Waals surface area (Å²) >= 11 is 0. The Bertz CT molecular complexity index is 266. The zero-order valence-corrected chi connectivity index (χ0v) is 9.51. The van der Waals surface area contributed by atoms with E-state index in [2.05, 4.69) is 50.4 Å². The Kier molecular flexibility index (Phi) is 4.68. The highest BCUT2D eigenvalue weighted by Crippen LogP contribution is 2.07. The van der Waals surface area contributed by atoms with Crippen LogP contribution in [0.5, 0.6) is 0 Å². The summed E-state index contributed by atoms with van der Waals surface area (Å²) in [5.74, 6) is 0. The largest absolute Gasteiger partial charge is 0.310 e. The second-order valence-electron chi connectivity index (χ2n) is 4.11. The molecule has 1 heteroatoms. The molecule has 1 aromatic carbocycles. The van der Waals surface area contributed by atoms with Crippen LogP contribution in [0.4, 0.5) is 0 Å². The van der Waals surface area contributed by atoms with Crippen LogP contribution in [0.2, 0.25) is 0 Å². The van der Waals surface area contributed by atoms with Crippen molar-refractivity contribution < 1.29 is 0 Å². The number of benzene rings is 1. The second kappa shape index (κ2) is 5.82. The molecule has 1 N–H and O–H groups in total. The average molecular weight is 191 g/mol. The van der Waals surface area contributed by atoms with E-state index in [9.17, 15) is 0 Å². The van der Waals surface area contributed by atoms with Crippen LogP contribution in [0.1, 0.15) is 38.3 Å². The third kappa shape index (κ3) is 3.93. The molecule has 14 heavy (non-hydrogen) atoms. The molecule has 1 rings (SSSR count). The number of rotatable bonds is 5. The zero-order chi connectivity index (χ0) is 10.4. The van der Waals surface area contributed by atoms with Crippen molar-refractivity contribution in [1.82, 2.24) is 5.32 Å². The van der Waals surface area contributed by atoms with Gasteiger partial charge in [-0.15, -0.1) is 0 Å². The van der Waals surface area contributed by atoms with Gasteiger partial charge in [0.1, 0.15) is 0 Å². The monoisotopic (exact) mass is 191 g/mol. The summed E-state index contributed by atoms with van der Waals surface area (Å²) in [7, 11) is 0. The summed E-state index contributed by atoms with van der Waals surface area (Å²) < 4.78 is 0. The molecule has 0 aliphatic carbocycles. The number of nitrogens with one attached hydrogen (secondary N) is 1. The number of hydrogen-bond donors (Lipinski definition) is 1. The van der Waals surface area contributed by atoms with E-state index in [1.165, 1.54) is 24.0 Å². The first-order valence-corrected chi connectivity index (χ1v) is 5.53. The van der Waals surface area contributed by atoms with Crippen LogP contribution in [0, 0.1) is 0 Å². The van der Waals surface area contributed by atoms with Crippen LogP contribution in [0.25, 0.3) is 0 Å². The van der Waals surface area contributed by atoms with Crippen LogP contribution in [-0.2, 0) is 13.0 Å². The first-order chi connectivity index (χ1) is 6.72. The molecule has 0 saturated heterocycles. The molecule has 0 aliphatic heterocycles. The Labute approximate surface area is 87.5 Å². The molecular formula is C13H21N. The Morgan fingerprint density at radius 1 is 1.21 bits per heavy atom. The van der Waals surface area contributed by atoms with Gasteiger partial charge in [0.15, 0.2) is 0 Å². The quantitative estimate of drug-likeness (QED) is 0.754. The van der Waals surface area contributed by atoms with Crippen molar-refractivity contribution in [3.63, 3.8) is 0 Å². The van der Waals surface area contributed by atoms with Gasteiger partial charge in [0.25, 0.3) is 0 Å². The summed E-state index contributed by atoms with van der Waals surface area (Å²) in [6.07, 6.45) is 2.41. The number of hydrogen-bond acceptors (Lipinski definition) is 1. The lowest BCUT2D eigenvalue weighted by molar-refractivity contribution is 0.588. The van der Waals surface area contributed by atoms with Crippen LogP contribution in [0.15, 0.2) is 24.3 Å². The molecule has 78 valence electrons. The highest BCUT2D eigenvalue weighted by Gasteiger charge is 1.96. The van der Waals surface area contributed by atoms with Gasteiger partial charge in [-0.25, -0.2) is 0 Å². The van der Waals surface area contributed by atoms with E-state index < -0.39 is 0 Å². The molecule has 0 unspecified atom stereocenters. The molecule has 0 saturated carbocycles. The first kappa shape index (κ1) is 11.3. The van der Waals surface area contributed by atoms with Crippen molar-refractivity contribution in [2.75, 3.05) is 0 Å². The highest BCUT2D eigenvalue weighted by molar-refractivity contribution is 5.23. The van der Waals surface area contributed by atoms with E-state index in [1.54, 1.807) is 0 Å². The van der Waals surface area contributed by atoms with Crippen molar-refractivity contribution >= 4 is 0 Å². The lowest BCUT2D eigenvalue weighted by Gasteiger charge is -2.09. The third-order valence-electron chi connectivity index (χ3n) is 2.24. The minimum absolute atomic E-state index is 0.560. The smallest absolute Gasteiger partial charge is 0.0207 e. The topological polar surface area (TPSA) is 12.0 Å². The van der Waals surface area contributed by atoms with Gasteiger partial charge in [-0.05, 0) is 17.5 Å². The highest BCUT2D eigenvalue weighted by atomic mass is 14.9. The summed E-state index contributed by atoms with van der Waals surface area (Å²) in [6, 6.07) is 9.42. The van der Waals surface area contributed by atoms with Crippen LogP contribution in [0.3, 0.4) is 0 Å². The molecule has 0 atom stereocenters. The lowest BCUT2D eigenvalue weighted by atomic mass is 10.1. The minimum atomic E-state index is 0.560. The summed E-state index contributed by atoms with van der Waals surface area (Å²) in [4.78, 5) is 0. The fourth-order valence-corrected chi connectivity index (χ4v) is 1.51. The van der Waals surface area contributed by atoms with E-state index >= 15 is 0 Å². The lowest BCUT2D eigenvalue weighted by Crippen LogP contribution is -2.21. The fourth-order valence-electron chi connectivity index (χ4n) is 1.51. The standard InChI is InChI=1S/C13H21N/c1-4-6-12-7-5-8-13(9-12)10-14-11(2)3/h5,7-9,11,14H,4,6,10H2,1-3H3. The summed E-state index contributed by atoms with van der Waals surface area (Å²) in [5, 5.41) is 3.43. The van der Waals surface area contributed by atoms with Gasteiger partial charge in [-0.3, -0.25) is 0 Å². The molecular weight excluding hydrogens is 170 g/mol. The van der Waals surface area contributed by atoms with Crippen LogP contribution < -0.4 is 5.32 Å². The van der Waals surface area contributed by atoms with Crippen LogP contribution in [-0.4, -0.2) is 6.04 Å². The van der Waals surface area contributed by atoms with E-state index in [1.807, 2.05) is 0 Å². The van der Waals surface area contributed by atoms with Crippen molar-refractivity contribution in [2.24, 2.45) is 0 Å². The maximum atomic E-state index is 3.43. The molecule has 1 aromatic rings. The molecule has 0 bridgehead atoms. The Morgan fingerprint density at radius 3 is 2.57 bits per heavy atom. The molecule has 0 spiro atoms. The zero-order valence-electron chi connectivity index (χ0n) is 9.51. The average Bonchev–Trinajstić information content (AvgIpc) is 2.16. The normalized spacial score (nSPS) is 10.9. The van der Waals surface area contributed by atoms with E-state index in [0.29, 0.717) is 6.04 Å². The Hall–Kier alpha value is -0.820. The van der Waals surface area contributed by atoms with E-state index in [4.69, 9.17) is 0 Å². The van der Waals surface area contributed by atoms with Crippen LogP contribution >= 0.6 is 0 Å². The van der Waals surface area contributed by atoms with Crippen molar-refractivity contribution in [2.45, 2.75) is 46.2 Å². The van der Waals surface area contributed by atoms with E-state index in [0.717, 1.165) is 6.54 Å². The minimum Gasteiger partial charge on any atom is -0.310 e. The molecule has 0 amide bonds. The molecule has 0 fully saturated rings. The molecule has 1 nitrogen and oxygen atoms in total. The Balaban J connectivity index is 2.54. The van der Waals surface area contributed by atoms with Gasteiger partial charge >= 0.3 is 0 Å². The van der Waals surface area contributed by atoms with Gasteiger partial charge in [0.2, 0.25) is 0 Å². The molecule has 0 aromatic heterocycles. The first-order valence-electron chi connectivity index (χ1n) is 5.53. The van der Waals surface area contributed by atoms with Crippen molar-refractivity contribution in [1.29, 1.82) is 0 Å². The summed E-state index contributed by atoms with van der Waals surface area (Å²) in [5.41, 5.74) is 2.85. The predicted molar refractivity (Wildman–Crippen MR) is 62.4 cm³/mol. The summed E-state index contributed by atoms with van der Waals surface area (Å²) in [6.45, 7) is 7.56. The predicted octanol–water partition coefficient (Wildman–Crippen LogP) is 3.14. The van der Waals surface area contributed by atoms with Gasteiger partial charge in [0.05, 0.1) is 0 Å². The van der Waals surface area contributed by atoms with Crippen molar-refractivity contribution in [3.05, 3.63) is 35.4 Å². The molecule has 0 heterocycles.